The van der Waals surface area contributed by atoms with Crippen LogP contribution in [0.1, 0.15) is 46.0 Å². The Kier molecular flexibility index (Phi) is 9.11. The normalized spacial score (nSPS) is 30.2. The van der Waals surface area contributed by atoms with Crippen LogP contribution in [0, 0.1) is 5.92 Å². The molecule has 0 spiro atoms. The second-order valence-corrected chi connectivity index (χ2v) is 5.43. The Bertz CT molecular complexity index is 195. The molecule has 0 radical (unpaired) electrons. The average Bonchev–Trinajstić information content (AvgIpc) is 2.68. The van der Waals surface area contributed by atoms with Gasteiger partial charge in [-0.2, -0.15) is 0 Å². The van der Waals surface area contributed by atoms with Gasteiger partial charge in [0.15, 0.2) is 0 Å². The lowest BCUT2D eigenvalue weighted by molar-refractivity contribution is 0.118. The highest BCUT2D eigenvalue weighted by Gasteiger charge is 2.29. The van der Waals surface area contributed by atoms with Crippen LogP contribution in [-0.4, -0.2) is 43.7 Å². The number of rotatable bonds is 3. The predicted octanol–water partition coefficient (Wildman–Crippen LogP) is 2.30. The Hall–Kier alpha value is 0.230. The maximum atomic E-state index is 4.19. The minimum Gasteiger partial charge on any atom is -0.314 e. The first-order valence-electron chi connectivity index (χ1n) is 7.73. The van der Waals surface area contributed by atoms with E-state index in [1.165, 1.54) is 45.2 Å². The Balaban J connectivity index is 0.000000771. The van der Waals surface area contributed by atoms with Gasteiger partial charge in [0.05, 0.1) is 0 Å². The summed E-state index contributed by atoms with van der Waals surface area (Å²) < 4.78 is 3.09. The maximum Gasteiger partial charge on any atom is 0.0137 e. The Morgan fingerprint density at radius 1 is 1.11 bits per heavy atom. The smallest absolute Gasteiger partial charge is 0.0137 e. The number of nitrogens with one attached hydrogen (secondary N) is 2. The molecule has 0 aromatic rings. The van der Waals surface area contributed by atoms with Crippen molar-refractivity contribution in [3.05, 3.63) is 0 Å². The molecule has 2 rings (SSSR count). The Morgan fingerprint density at radius 2 is 1.78 bits per heavy atom. The molecule has 108 valence electrons. The van der Waals surface area contributed by atoms with Gasteiger partial charge in [-0.15, -0.1) is 0 Å². The summed E-state index contributed by atoms with van der Waals surface area (Å²) in [5.41, 5.74) is 0. The van der Waals surface area contributed by atoms with E-state index >= 15 is 0 Å². The van der Waals surface area contributed by atoms with Gasteiger partial charge in [0.2, 0.25) is 0 Å². The fourth-order valence-corrected chi connectivity index (χ4v) is 3.45. The molecule has 3 nitrogen and oxygen atoms in total. The molecule has 2 unspecified atom stereocenters. The molecule has 2 fully saturated rings. The summed E-state index contributed by atoms with van der Waals surface area (Å²) in [6, 6.07) is 0.796. The van der Waals surface area contributed by atoms with Gasteiger partial charge in [-0.25, -0.2) is 0 Å². The fourth-order valence-electron chi connectivity index (χ4n) is 3.21. The van der Waals surface area contributed by atoms with Gasteiger partial charge < -0.3 is 5.32 Å². The van der Waals surface area contributed by atoms with Gasteiger partial charge >= 0.3 is 0 Å². The number of hydrogen-bond acceptors (Lipinski definition) is 4. The van der Waals surface area contributed by atoms with Crippen molar-refractivity contribution >= 4 is 12.8 Å². The molecule has 1 saturated heterocycles. The van der Waals surface area contributed by atoms with E-state index in [0.29, 0.717) is 0 Å². The van der Waals surface area contributed by atoms with Crippen molar-refractivity contribution in [2.75, 3.05) is 32.7 Å². The lowest BCUT2D eigenvalue weighted by atomic mass is 9.93. The zero-order valence-corrected chi connectivity index (χ0v) is 13.0. The fraction of sp³-hybridized carbons (Fsp3) is 1.00. The van der Waals surface area contributed by atoms with Gasteiger partial charge in [-0.3, -0.25) is 9.62 Å². The first-order valence-corrected chi connectivity index (χ1v) is 8.18. The predicted molar refractivity (Wildman–Crippen MR) is 83.1 cm³/mol. The lowest BCUT2D eigenvalue weighted by Crippen LogP contribution is -2.51. The number of piperazine rings is 1. The van der Waals surface area contributed by atoms with E-state index in [0.717, 1.165) is 31.6 Å². The number of hydrogen-bond donors (Lipinski definition) is 3. The summed E-state index contributed by atoms with van der Waals surface area (Å²) in [6.07, 6.45) is 7.01. The molecule has 2 atom stereocenters. The van der Waals surface area contributed by atoms with Gasteiger partial charge in [-0.1, -0.05) is 45.9 Å². The highest BCUT2D eigenvalue weighted by molar-refractivity contribution is 7.78. The molecule has 0 amide bonds. The van der Waals surface area contributed by atoms with Crippen LogP contribution in [0.3, 0.4) is 0 Å². The third-order valence-corrected chi connectivity index (χ3v) is 4.28. The summed E-state index contributed by atoms with van der Waals surface area (Å²) in [5, 5.41) is 3.44. The molecule has 4 heteroatoms. The standard InChI is InChI=1S/C12H25N3S.C2H6/c16-14-10-11-4-2-1-3-5-12(11)15-8-6-13-7-9-15;1-2/h11-14,16H,1-10H2;1-2H3. The Morgan fingerprint density at radius 3 is 2.44 bits per heavy atom. The second-order valence-electron chi connectivity index (χ2n) is 5.11. The minimum absolute atomic E-state index is 0.796. The molecule has 0 aromatic carbocycles. The molecule has 1 aliphatic heterocycles. The van der Waals surface area contributed by atoms with Crippen molar-refractivity contribution in [3.8, 4) is 0 Å². The van der Waals surface area contributed by atoms with E-state index in [4.69, 9.17) is 0 Å². The van der Waals surface area contributed by atoms with Crippen LogP contribution in [0.2, 0.25) is 0 Å². The molecule has 18 heavy (non-hydrogen) atoms. The molecule has 2 aliphatic rings. The molecule has 1 aliphatic carbocycles. The van der Waals surface area contributed by atoms with Crippen molar-refractivity contribution in [3.63, 3.8) is 0 Å². The van der Waals surface area contributed by atoms with Gasteiger partial charge in [0.25, 0.3) is 0 Å². The monoisotopic (exact) mass is 273 g/mol. The largest absolute Gasteiger partial charge is 0.314 e. The van der Waals surface area contributed by atoms with Crippen LogP contribution < -0.4 is 10.0 Å². The van der Waals surface area contributed by atoms with E-state index in [9.17, 15) is 0 Å². The van der Waals surface area contributed by atoms with Gasteiger partial charge in [0, 0.05) is 38.8 Å². The molecular formula is C14H31N3S. The summed E-state index contributed by atoms with van der Waals surface area (Å²) >= 11 is 4.19. The summed E-state index contributed by atoms with van der Waals surface area (Å²) in [7, 11) is 0. The summed E-state index contributed by atoms with van der Waals surface area (Å²) in [4.78, 5) is 2.71. The quantitative estimate of drug-likeness (QED) is 0.544. The summed E-state index contributed by atoms with van der Waals surface area (Å²) in [6.45, 7) is 9.86. The zero-order valence-electron chi connectivity index (χ0n) is 12.1. The van der Waals surface area contributed by atoms with Crippen LogP contribution in [0.4, 0.5) is 0 Å². The van der Waals surface area contributed by atoms with Crippen molar-refractivity contribution < 1.29 is 0 Å². The van der Waals surface area contributed by atoms with Crippen LogP contribution in [-0.2, 0) is 0 Å². The minimum atomic E-state index is 0.796. The van der Waals surface area contributed by atoms with Crippen LogP contribution >= 0.6 is 12.8 Å². The van der Waals surface area contributed by atoms with E-state index < -0.39 is 0 Å². The zero-order chi connectivity index (χ0) is 13.2. The lowest BCUT2D eigenvalue weighted by Gasteiger charge is -2.38. The third-order valence-electron chi connectivity index (χ3n) is 4.09. The highest BCUT2D eigenvalue weighted by atomic mass is 32.1. The van der Waals surface area contributed by atoms with Crippen LogP contribution in [0.5, 0.6) is 0 Å². The van der Waals surface area contributed by atoms with Crippen molar-refractivity contribution in [1.82, 2.24) is 14.9 Å². The highest BCUT2D eigenvalue weighted by Crippen LogP contribution is 2.27. The van der Waals surface area contributed by atoms with Crippen LogP contribution in [0.25, 0.3) is 0 Å². The molecule has 0 bridgehead atoms. The number of thiol groups is 1. The first-order chi connectivity index (χ1) is 8.92. The Labute approximate surface area is 119 Å². The molecule has 1 saturated carbocycles. The van der Waals surface area contributed by atoms with E-state index in [1.54, 1.807) is 0 Å². The van der Waals surface area contributed by atoms with Crippen molar-refractivity contribution in [1.29, 1.82) is 0 Å². The average molecular weight is 273 g/mol. The third kappa shape index (κ3) is 5.08. The molecule has 0 aromatic heterocycles. The molecule has 1 heterocycles. The van der Waals surface area contributed by atoms with Gasteiger partial charge in [0.1, 0.15) is 0 Å². The van der Waals surface area contributed by atoms with E-state index in [1.807, 2.05) is 13.8 Å². The second kappa shape index (κ2) is 10.1. The number of nitrogens with zero attached hydrogens (tertiary/aromatic N) is 1. The molecular weight excluding hydrogens is 242 g/mol. The summed E-state index contributed by atoms with van der Waals surface area (Å²) in [5.74, 6) is 0.804. The van der Waals surface area contributed by atoms with E-state index in [2.05, 4.69) is 27.8 Å². The van der Waals surface area contributed by atoms with Gasteiger partial charge in [-0.05, 0) is 18.8 Å². The van der Waals surface area contributed by atoms with Crippen molar-refractivity contribution in [2.24, 2.45) is 5.92 Å². The first kappa shape index (κ1) is 16.3. The maximum absolute atomic E-state index is 4.19. The SMILES string of the molecule is CC.SNCC1CCCCCC1N1CCNCC1. The topological polar surface area (TPSA) is 27.3 Å². The van der Waals surface area contributed by atoms with E-state index in [-0.39, 0.29) is 0 Å². The van der Waals surface area contributed by atoms with Crippen molar-refractivity contribution in [2.45, 2.75) is 52.0 Å². The van der Waals surface area contributed by atoms with Crippen LogP contribution in [0.15, 0.2) is 0 Å². The molecule has 2 N–H and O–H groups in total.